The molecule has 30 heavy (non-hydrogen) atoms. The smallest absolute Gasteiger partial charge is 0.253 e. The topological polar surface area (TPSA) is 60.0 Å². The fourth-order valence-corrected chi connectivity index (χ4v) is 2.88. The number of carbonyl (C=O) groups is 1. The molecule has 0 aliphatic rings. The van der Waals surface area contributed by atoms with Gasteiger partial charge in [0.25, 0.3) is 5.91 Å². The van der Waals surface area contributed by atoms with Gasteiger partial charge in [0.2, 0.25) is 0 Å². The van der Waals surface area contributed by atoms with Gasteiger partial charge in [-0.1, -0.05) is 43.3 Å². The Morgan fingerprint density at radius 1 is 0.933 bits per heavy atom. The second-order valence-electron chi connectivity index (χ2n) is 7.33. The van der Waals surface area contributed by atoms with Gasteiger partial charge >= 0.3 is 0 Å². The summed E-state index contributed by atoms with van der Waals surface area (Å²) in [5, 5.41) is 6.68. The quantitative estimate of drug-likeness (QED) is 0.317. The van der Waals surface area contributed by atoms with Gasteiger partial charge in [-0.05, 0) is 42.4 Å². The highest BCUT2D eigenvalue weighted by molar-refractivity contribution is 14.0. The number of guanidine groups is 1. The third-order valence-electron chi connectivity index (χ3n) is 4.73. The van der Waals surface area contributed by atoms with Gasteiger partial charge in [-0.15, -0.1) is 24.0 Å². The average Bonchev–Trinajstić information content (AvgIpc) is 2.73. The average molecular weight is 523 g/mol. The van der Waals surface area contributed by atoms with Gasteiger partial charge in [0.1, 0.15) is 0 Å². The number of aliphatic imine (C=N–C) groups is 1. The molecule has 7 heteroatoms. The summed E-state index contributed by atoms with van der Waals surface area (Å²) in [4.78, 5) is 20.1. The maximum Gasteiger partial charge on any atom is 0.253 e. The maximum atomic E-state index is 12.0. The second kappa shape index (κ2) is 13.2. The standard InChI is InChI=1S/C23H33N5O.HI/c1-6-28(5)17-20-9-7-8-19(14-20)16-26-23(24-2)25-15-18-10-12-21(13-11-18)22(29)27(3)4;/h7-14H,6,15-17H2,1-5H3,(H2,24,25,26);1H. The fourth-order valence-electron chi connectivity index (χ4n) is 2.88. The molecule has 0 aliphatic carbocycles. The molecular weight excluding hydrogens is 489 g/mol. The van der Waals surface area contributed by atoms with Gasteiger partial charge in [0.05, 0.1) is 0 Å². The normalized spacial score (nSPS) is 11.1. The van der Waals surface area contributed by atoms with E-state index in [0.717, 1.165) is 24.6 Å². The SMILES string of the molecule is CCN(C)Cc1cccc(CNC(=NC)NCc2ccc(C(=O)N(C)C)cc2)c1.I. The Kier molecular flexibility index (Phi) is 11.4. The molecule has 0 fully saturated rings. The molecule has 2 aromatic carbocycles. The van der Waals surface area contributed by atoms with Crippen LogP contribution in [0.1, 0.15) is 34.0 Å². The Bertz CT molecular complexity index is 821. The first-order chi connectivity index (χ1) is 13.9. The Labute approximate surface area is 197 Å². The molecule has 0 saturated carbocycles. The zero-order chi connectivity index (χ0) is 21.2. The number of halogens is 1. The molecular formula is C23H34IN5O. The molecule has 2 rings (SSSR count). The zero-order valence-corrected chi connectivity index (χ0v) is 20.9. The van der Waals surface area contributed by atoms with Gasteiger partial charge < -0.3 is 20.4 Å². The molecule has 0 radical (unpaired) electrons. The molecule has 0 spiro atoms. The summed E-state index contributed by atoms with van der Waals surface area (Å²) in [6.45, 7) is 5.48. The first-order valence-corrected chi connectivity index (χ1v) is 9.94. The van der Waals surface area contributed by atoms with Gasteiger partial charge in [0.15, 0.2) is 5.96 Å². The predicted molar refractivity (Wildman–Crippen MR) is 135 cm³/mol. The van der Waals surface area contributed by atoms with Gasteiger partial charge in [0, 0.05) is 46.3 Å². The largest absolute Gasteiger partial charge is 0.352 e. The molecule has 164 valence electrons. The lowest BCUT2D eigenvalue weighted by molar-refractivity contribution is 0.0827. The van der Waals surface area contributed by atoms with E-state index in [0.29, 0.717) is 18.7 Å². The maximum absolute atomic E-state index is 12.0. The lowest BCUT2D eigenvalue weighted by Gasteiger charge is -2.15. The Balaban J connectivity index is 0.00000450. The van der Waals surface area contributed by atoms with Crippen LogP contribution in [0.3, 0.4) is 0 Å². The zero-order valence-electron chi connectivity index (χ0n) is 18.6. The number of benzene rings is 2. The molecule has 0 unspecified atom stereocenters. The van der Waals surface area contributed by atoms with Crippen molar-refractivity contribution in [3.8, 4) is 0 Å². The van der Waals surface area contributed by atoms with Crippen molar-refractivity contribution in [3.63, 3.8) is 0 Å². The molecule has 0 saturated heterocycles. The Hall–Kier alpha value is -2.13. The number of nitrogens with one attached hydrogen (secondary N) is 2. The first-order valence-electron chi connectivity index (χ1n) is 9.94. The second-order valence-corrected chi connectivity index (χ2v) is 7.33. The number of hydrogen-bond acceptors (Lipinski definition) is 3. The molecule has 1 amide bonds. The van der Waals surface area contributed by atoms with Crippen molar-refractivity contribution in [1.29, 1.82) is 0 Å². The summed E-state index contributed by atoms with van der Waals surface area (Å²) in [5.74, 6) is 0.754. The van der Waals surface area contributed by atoms with Crippen LogP contribution in [0.25, 0.3) is 0 Å². The van der Waals surface area contributed by atoms with Gasteiger partial charge in [-0.25, -0.2) is 0 Å². The molecule has 0 bridgehead atoms. The van der Waals surface area contributed by atoms with Crippen LogP contribution in [0.2, 0.25) is 0 Å². The van der Waals surface area contributed by atoms with Crippen LogP contribution in [0.4, 0.5) is 0 Å². The van der Waals surface area contributed by atoms with E-state index in [1.807, 2.05) is 24.3 Å². The highest BCUT2D eigenvalue weighted by atomic mass is 127. The van der Waals surface area contributed by atoms with E-state index in [4.69, 9.17) is 0 Å². The van der Waals surface area contributed by atoms with Crippen LogP contribution in [-0.2, 0) is 19.6 Å². The minimum atomic E-state index is 0. The van der Waals surface area contributed by atoms with E-state index in [-0.39, 0.29) is 29.9 Å². The third kappa shape index (κ3) is 8.31. The van der Waals surface area contributed by atoms with E-state index < -0.39 is 0 Å². The highest BCUT2D eigenvalue weighted by Crippen LogP contribution is 2.08. The van der Waals surface area contributed by atoms with Gasteiger partial charge in [-0.2, -0.15) is 0 Å². The summed E-state index contributed by atoms with van der Waals surface area (Å²) in [6, 6.07) is 16.2. The van der Waals surface area contributed by atoms with E-state index in [9.17, 15) is 4.79 Å². The van der Waals surface area contributed by atoms with Crippen molar-refractivity contribution >= 4 is 35.8 Å². The predicted octanol–water partition coefficient (Wildman–Crippen LogP) is 3.32. The summed E-state index contributed by atoms with van der Waals surface area (Å²) in [6.07, 6.45) is 0. The van der Waals surface area contributed by atoms with Crippen LogP contribution in [0, 0.1) is 0 Å². The van der Waals surface area contributed by atoms with E-state index in [2.05, 4.69) is 58.8 Å². The molecule has 6 nitrogen and oxygen atoms in total. The molecule has 0 aromatic heterocycles. The third-order valence-corrected chi connectivity index (χ3v) is 4.73. The molecule has 0 heterocycles. The van der Waals surface area contributed by atoms with Crippen LogP contribution in [-0.4, -0.2) is 56.4 Å². The number of amides is 1. The minimum absolute atomic E-state index is 0. The Morgan fingerprint density at radius 3 is 2.10 bits per heavy atom. The van der Waals surface area contributed by atoms with Gasteiger partial charge in [-0.3, -0.25) is 9.79 Å². The summed E-state index contributed by atoms with van der Waals surface area (Å²) >= 11 is 0. The van der Waals surface area contributed by atoms with E-state index in [1.54, 1.807) is 26.0 Å². The van der Waals surface area contributed by atoms with Crippen LogP contribution >= 0.6 is 24.0 Å². The number of hydrogen-bond donors (Lipinski definition) is 2. The molecule has 2 aromatic rings. The van der Waals surface area contributed by atoms with Crippen molar-refractivity contribution in [3.05, 3.63) is 70.8 Å². The Morgan fingerprint density at radius 2 is 1.53 bits per heavy atom. The van der Waals surface area contributed by atoms with E-state index in [1.165, 1.54) is 11.1 Å². The van der Waals surface area contributed by atoms with Crippen molar-refractivity contribution < 1.29 is 4.79 Å². The van der Waals surface area contributed by atoms with Crippen molar-refractivity contribution in [2.45, 2.75) is 26.6 Å². The van der Waals surface area contributed by atoms with Crippen molar-refractivity contribution in [2.75, 3.05) is 34.7 Å². The van der Waals surface area contributed by atoms with Crippen molar-refractivity contribution in [1.82, 2.24) is 20.4 Å². The summed E-state index contributed by atoms with van der Waals surface area (Å²) in [7, 11) is 7.40. The van der Waals surface area contributed by atoms with Crippen LogP contribution < -0.4 is 10.6 Å². The number of rotatable bonds is 8. The summed E-state index contributed by atoms with van der Waals surface area (Å²) < 4.78 is 0. The lowest BCUT2D eigenvalue weighted by atomic mass is 10.1. The fraction of sp³-hybridized carbons (Fsp3) is 0.391. The molecule has 0 aliphatic heterocycles. The van der Waals surface area contributed by atoms with Crippen molar-refractivity contribution in [2.24, 2.45) is 4.99 Å². The molecule has 2 N–H and O–H groups in total. The minimum Gasteiger partial charge on any atom is -0.352 e. The molecule has 0 atom stereocenters. The number of carbonyl (C=O) groups excluding carboxylic acids is 1. The van der Waals surface area contributed by atoms with E-state index >= 15 is 0 Å². The lowest BCUT2D eigenvalue weighted by Crippen LogP contribution is -2.36. The highest BCUT2D eigenvalue weighted by Gasteiger charge is 2.07. The summed E-state index contributed by atoms with van der Waals surface area (Å²) in [5.41, 5.74) is 4.31. The van der Waals surface area contributed by atoms with Crippen LogP contribution in [0.5, 0.6) is 0 Å². The first kappa shape index (κ1) is 25.9. The number of nitrogens with zero attached hydrogens (tertiary/aromatic N) is 3. The van der Waals surface area contributed by atoms with Crippen LogP contribution in [0.15, 0.2) is 53.5 Å². The monoisotopic (exact) mass is 523 g/mol.